The number of aliphatic carboxylic acids is 1. The van der Waals surface area contributed by atoms with Crippen LogP contribution in [0.4, 0.5) is 0 Å². The summed E-state index contributed by atoms with van der Waals surface area (Å²) in [5.41, 5.74) is 1.27. The standard InChI is InChI=1S/C10H13NO3/c1-7(10(13)14)5-8-3-2-4-9(6-12)11-8/h2-4,7,12H,5-6H2,1H3,(H,13,14). The Morgan fingerprint density at radius 2 is 2.14 bits per heavy atom. The van der Waals surface area contributed by atoms with Crippen LogP contribution in [-0.2, 0) is 17.8 Å². The molecule has 1 rings (SSSR count). The number of carboxylic acids is 1. The van der Waals surface area contributed by atoms with E-state index >= 15 is 0 Å². The second-order valence-electron chi connectivity index (χ2n) is 3.22. The Bertz CT molecular complexity index is 325. The van der Waals surface area contributed by atoms with E-state index in [1.807, 2.05) is 0 Å². The number of carbonyl (C=O) groups is 1. The first-order valence-electron chi connectivity index (χ1n) is 4.42. The molecule has 0 fully saturated rings. The van der Waals surface area contributed by atoms with E-state index in [1.165, 1.54) is 0 Å². The molecular weight excluding hydrogens is 182 g/mol. The van der Waals surface area contributed by atoms with E-state index in [9.17, 15) is 4.79 Å². The summed E-state index contributed by atoms with van der Waals surface area (Å²) >= 11 is 0. The Labute approximate surface area is 82.2 Å². The van der Waals surface area contributed by atoms with Crippen LogP contribution in [-0.4, -0.2) is 21.2 Å². The van der Waals surface area contributed by atoms with E-state index in [0.717, 1.165) is 0 Å². The topological polar surface area (TPSA) is 70.4 Å². The Morgan fingerprint density at radius 1 is 1.50 bits per heavy atom. The van der Waals surface area contributed by atoms with Crippen molar-refractivity contribution in [1.82, 2.24) is 4.98 Å². The molecule has 1 aromatic rings. The average molecular weight is 195 g/mol. The number of pyridine rings is 1. The van der Waals surface area contributed by atoms with Gasteiger partial charge in [-0.05, 0) is 12.1 Å². The van der Waals surface area contributed by atoms with Crippen LogP contribution in [0.5, 0.6) is 0 Å². The first-order valence-corrected chi connectivity index (χ1v) is 4.42. The molecule has 1 unspecified atom stereocenters. The number of hydrogen-bond acceptors (Lipinski definition) is 3. The van der Waals surface area contributed by atoms with Crippen molar-refractivity contribution in [2.75, 3.05) is 0 Å². The van der Waals surface area contributed by atoms with Crippen molar-refractivity contribution in [3.05, 3.63) is 29.6 Å². The Kier molecular flexibility index (Phi) is 3.59. The lowest BCUT2D eigenvalue weighted by Gasteiger charge is -2.06. The van der Waals surface area contributed by atoms with Gasteiger partial charge < -0.3 is 10.2 Å². The molecule has 14 heavy (non-hydrogen) atoms. The van der Waals surface area contributed by atoms with Crippen LogP contribution in [0.3, 0.4) is 0 Å². The van der Waals surface area contributed by atoms with Gasteiger partial charge in [0.1, 0.15) is 0 Å². The highest BCUT2D eigenvalue weighted by Gasteiger charge is 2.12. The summed E-state index contributed by atoms with van der Waals surface area (Å²) in [5.74, 6) is -1.28. The SMILES string of the molecule is CC(Cc1cccc(CO)n1)C(=O)O. The summed E-state index contributed by atoms with van der Waals surface area (Å²) in [7, 11) is 0. The molecule has 0 aromatic carbocycles. The van der Waals surface area contributed by atoms with E-state index in [1.54, 1.807) is 25.1 Å². The number of hydrogen-bond donors (Lipinski definition) is 2. The van der Waals surface area contributed by atoms with Crippen molar-refractivity contribution in [3.63, 3.8) is 0 Å². The zero-order valence-corrected chi connectivity index (χ0v) is 7.97. The molecule has 0 saturated heterocycles. The smallest absolute Gasteiger partial charge is 0.306 e. The second-order valence-corrected chi connectivity index (χ2v) is 3.22. The van der Waals surface area contributed by atoms with Crippen LogP contribution >= 0.6 is 0 Å². The normalized spacial score (nSPS) is 12.4. The molecule has 0 bridgehead atoms. The van der Waals surface area contributed by atoms with Crippen LogP contribution in [0.25, 0.3) is 0 Å². The van der Waals surface area contributed by atoms with E-state index < -0.39 is 11.9 Å². The fourth-order valence-corrected chi connectivity index (χ4v) is 1.13. The molecule has 4 heteroatoms. The van der Waals surface area contributed by atoms with E-state index in [0.29, 0.717) is 17.8 Å². The maximum Gasteiger partial charge on any atom is 0.306 e. The number of nitrogens with zero attached hydrogens (tertiary/aromatic N) is 1. The Balaban J connectivity index is 2.71. The van der Waals surface area contributed by atoms with E-state index in [4.69, 9.17) is 10.2 Å². The fraction of sp³-hybridized carbons (Fsp3) is 0.400. The Morgan fingerprint density at radius 3 is 2.71 bits per heavy atom. The van der Waals surface area contributed by atoms with Gasteiger partial charge in [-0.1, -0.05) is 13.0 Å². The van der Waals surface area contributed by atoms with Crippen LogP contribution in [0.1, 0.15) is 18.3 Å². The Hall–Kier alpha value is -1.42. The maximum absolute atomic E-state index is 10.6. The van der Waals surface area contributed by atoms with Crippen molar-refractivity contribution in [1.29, 1.82) is 0 Å². The van der Waals surface area contributed by atoms with Crippen LogP contribution in [0.2, 0.25) is 0 Å². The van der Waals surface area contributed by atoms with Gasteiger partial charge in [0.05, 0.1) is 18.2 Å². The van der Waals surface area contributed by atoms with Crippen molar-refractivity contribution in [2.45, 2.75) is 20.0 Å². The molecule has 0 aliphatic heterocycles. The van der Waals surface area contributed by atoms with E-state index in [-0.39, 0.29) is 6.61 Å². The lowest BCUT2D eigenvalue weighted by molar-refractivity contribution is -0.141. The second kappa shape index (κ2) is 4.72. The molecule has 0 aliphatic carbocycles. The van der Waals surface area contributed by atoms with Gasteiger partial charge >= 0.3 is 5.97 Å². The lowest BCUT2D eigenvalue weighted by atomic mass is 10.1. The third-order valence-electron chi connectivity index (χ3n) is 1.96. The third-order valence-corrected chi connectivity index (χ3v) is 1.96. The predicted octanol–water partition coefficient (Wildman–Crippen LogP) is 0.837. The van der Waals surface area contributed by atoms with Crippen molar-refractivity contribution in [3.8, 4) is 0 Å². The molecule has 0 saturated carbocycles. The van der Waals surface area contributed by atoms with Gasteiger partial charge in [0, 0.05) is 12.1 Å². The highest BCUT2D eigenvalue weighted by atomic mass is 16.4. The molecule has 4 nitrogen and oxygen atoms in total. The molecular formula is C10H13NO3. The summed E-state index contributed by atoms with van der Waals surface area (Å²) in [4.78, 5) is 14.7. The molecule has 1 aromatic heterocycles. The first-order chi connectivity index (χ1) is 6.63. The van der Waals surface area contributed by atoms with Gasteiger partial charge in [-0.15, -0.1) is 0 Å². The van der Waals surface area contributed by atoms with Gasteiger partial charge in [-0.2, -0.15) is 0 Å². The minimum atomic E-state index is -0.832. The van der Waals surface area contributed by atoms with Crippen LogP contribution < -0.4 is 0 Å². The summed E-state index contributed by atoms with van der Waals surface area (Å²) in [5, 5.41) is 17.5. The molecule has 2 N–H and O–H groups in total. The molecule has 0 aliphatic rings. The van der Waals surface area contributed by atoms with Gasteiger partial charge in [-0.25, -0.2) is 0 Å². The lowest BCUT2D eigenvalue weighted by Crippen LogP contribution is -2.13. The van der Waals surface area contributed by atoms with Crippen molar-refractivity contribution in [2.24, 2.45) is 5.92 Å². The number of rotatable bonds is 4. The minimum absolute atomic E-state index is 0.116. The summed E-state index contributed by atoms with van der Waals surface area (Å²) in [6.07, 6.45) is 0.392. The summed E-state index contributed by atoms with van der Waals surface area (Å²) in [6.45, 7) is 1.52. The molecule has 76 valence electrons. The first kappa shape index (κ1) is 10.7. The number of aliphatic hydroxyl groups excluding tert-OH is 1. The average Bonchev–Trinajstić information content (AvgIpc) is 2.18. The van der Waals surface area contributed by atoms with Gasteiger partial charge in [0.15, 0.2) is 0 Å². The van der Waals surface area contributed by atoms with Crippen LogP contribution in [0.15, 0.2) is 18.2 Å². The largest absolute Gasteiger partial charge is 0.481 e. The molecule has 0 spiro atoms. The maximum atomic E-state index is 10.6. The van der Waals surface area contributed by atoms with Crippen LogP contribution in [0, 0.1) is 5.92 Å². The minimum Gasteiger partial charge on any atom is -0.481 e. The zero-order valence-electron chi connectivity index (χ0n) is 7.97. The molecule has 0 radical (unpaired) electrons. The van der Waals surface area contributed by atoms with Crippen molar-refractivity contribution < 1.29 is 15.0 Å². The number of aliphatic hydroxyl groups is 1. The predicted molar refractivity (Wildman–Crippen MR) is 50.7 cm³/mol. The van der Waals surface area contributed by atoms with Crippen molar-refractivity contribution >= 4 is 5.97 Å². The zero-order chi connectivity index (χ0) is 10.6. The van der Waals surface area contributed by atoms with Gasteiger partial charge in [-0.3, -0.25) is 9.78 Å². The van der Waals surface area contributed by atoms with Gasteiger partial charge in [0.2, 0.25) is 0 Å². The fourth-order valence-electron chi connectivity index (χ4n) is 1.13. The highest BCUT2D eigenvalue weighted by Crippen LogP contribution is 2.07. The highest BCUT2D eigenvalue weighted by molar-refractivity contribution is 5.69. The summed E-state index contributed by atoms with van der Waals surface area (Å²) in [6, 6.07) is 5.23. The summed E-state index contributed by atoms with van der Waals surface area (Å²) < 4.78 is 0. The number of carboxylic acid groups (broad SMARTS) is 1. The third kappa shape index (κ3) is 2.81. The van der Waals surface area contributed by atoms with Gasteiger partial charge in [0.25, 0.3) is 0 Å². The van der Waals surface area contributed by atoms with E-state index in [2.05, 4.69) is 4.98 Å². The monoisotopic (exact) mass is 195 g/mol. The molecule has 0 amide bonds. The quantitative estimate of drug-likeness (QED) is 0.746. The molecule has 1 atom stereocenters. The molecule has 1 heterocycles. The number of aromatic nitrogens is 1.